The van der Waals surface area contributed by atoms with Crippen molar-refractivity contribution in [1.29, 1.82) is 0 Å². The van der Waals surface area contributed by atoms with E-state index < -0.39 is 35.8 Å². The Bertz CT molecular complexity index is 2970. The number of methoxy groups -OCH3 is 1. The lowest BCUT2D eigenvalue weighted by Crippen LogP contribution is -2.43. The maximum Gasteiger partial charge on any atom is 0.328 e. The van der Waals surface area contributed by atoms with Crippen LogP contribution in [-0.4, -0.2) is 84.3 Å². The van der Waals surface area contributed by atoms with Crippen LogP contribution in [0.15, 0.2) is 109 Å². The van der Waals surface area contributed by atoms with Crippen LogP contribution in [0.1, 0.15) is 94.9 Å². The first-order valence-electron chi connectivity index (χ1n) is 24.5. The second kappa shape index (κ2) is 25.3. The van der Waals surface area contributed by atoms with Crippen LogP contribution in [-0.2, 0) is 50.8 Å². The summed E-state index contributed by atoms with van der Waals surface area (Å²) in [5, 5.41) is 22.3. The lowest BCUT2D eigenvalue weighted by molar-refractivity contribution is -0.143. The van der Waals surface area contributed by atoms with Gasteiger partial charge in [0.1, 0.15) is 35.2 Å². The molecule has 0 unspecified atom stereocenters. The predicted molar refractivity (Wildman–Crippen MR) is 295 cm³/mol. The molecule has 8 rings (SSSR count). The van der Waals surface area contributed by atoms with E-state index in [2.05, 4.69) is 73.2 Å². The van der Waals surface area contributed by atoms with Gasteiger partial charge in [-0.05, 0) is 109 Å². The number of carbonyl (C=O) groups excluding carboxylic acids is 3. The zero-order valence-corrected chi connectivity index (χ0v) is 45.4. The van der Waals surface area contributed by atoms with Gasteiger partial charge in [-0.3, -0.25) is 9.59 Å². The van der Waals surface area contributed by atoms with Crippen LogP contribution in [0.5, 0.6) is 11.5 Å². The Labute approximate surface area is 457 Å². The summed E-state index contributed by atoms with van der Waals surface area (Å²) in [6.45, 7) is 11.1. The fourth-order valence-electron chi connectivity index (χ4n) is 8.43. The van der Waals surface area contributed by atoms with Crippen molar-refractivity contribution >= 4 is 81.8 Å². The number of hydrogen-bond donors (Lipinski definition) is 5. The molecule has 2 aromatic heterocycles. The van der Waals surface area contributed by atoms with E-state index in [1.165, 1.54) is 30.4 Å². The molecule has 2 aliphatic heterocycles. The Morgan fingerprint density at radius 1 is 0.587 bits per heavy atom. The van der Waals surface area contributed by atoms with Gasteiger partial charge in [-0.25, -0.2) is 19.6 Å². The molecule has 0 fully saturated rings. The molecule has 394 valence electrons. The summed E-state index contributed by atoms with van der Waals surface area (Å²) in [6.07, 6.45) is 4.64. The molecule has 4 heterocycles. The highest BCUT2D eigenvalue weighted by Crippen LogP contribution is 2.31. The molecule has 2 aliphatic rings. The van der Waals surface area contributed by atoms with E-state index in [9.17, 15) is 24.3 Å². The molecule has 75 heavy (non-hydrogen) atoms. The number of fused-ring (bicyclic) bond motifs is 2. The molecule has 6 aromatic rings. The number of hydrogen-bond acceptors (Lipinski definition) is 11. The first-order valence-corrected chi connectivity index (χ1v) is 26.1. The minimum atomic E-state index is -1.16. The van der Waals surface area contributed by atoms with Gasteiger partial charge in [-0.2, -0.15) is 0 Å². The first-order chi connectivity index (χ1) is 35.8. The smallest absolute Gasteiger partial charge is 0.328 e. The molecule has 18 heteroatoms. The molecule has 2 atom stereocenters. The monoisotopic (exact) mass is 1100 g/mol. The molecule has 0 saturated heterocycles. The van der Waals surface area contributed by atoms with Crippen molar-refractivity contribution in [3.05, 3.63) is 174 Å². The lowest BCUT2D eigenvalue weighted by atomic mass is 9.89. The highest BCUT2D eigenvalue weighted by atomic mass is 35.5. The Morgan fingerprint density at radius 2 is 0.973 bits per heavy atom. The van der Waals surface area contributed by atoms with Crippen LogP contribution < -0.4 is 30.7 Å². The van der Waals surface area contributed by atoms with Gasteiger partial charge in [0.2, 0.25) is 0 Å². The number of benzene rings is 4. The SMILES string of the molecule is CC(C)(COc1ccc(C[C@H](NC(=O)c2c(Cl)cccc2Cl)C(=O)O)cc1)c1ccc2c(n1)NCCC2.COC(=O)[C@H](Cc1ccc(OCC(C)(C)c2ccc3c(n2)NCCC3)cc1)NC(=O)c1c(Cl)cccc1Cl. The van der Waals surface area contributed by atoms with Crippen molar-refractivity contribution in [2.24, 2.45) is 0 Å². The van der Waals surface area contributed by atoms with Gasteiger partial charge in [0.25, 0.3) is 11.8 Å². The topological polar surface area (TPSA) is 190 Å². The van der Waals surface area contributed by atoms with E-state index in [0.29, 0.717) is 24.7 Å². The van der Waals surface area contributed by atoms with Gasteiger partial charge < -0.3 is 40.6 Å². The normalized spacial score (nSPS) is 13.7. The minimum absolute atomic E-state index is 0.0487. The fraction of sp³-hybridized carbons (Fsp3) is 0.333. The van der Waals surface area contributed by atoms with Crippen LogP contribution in [0, 0.1) is 0 Å². The Hall–Kier alpha value is -6.58. The third-order valence-corrected chi connectivity index (χ3v) is 14.1. The van der Waals surface area contributed by atoms with Gasteiger partial charge in [-0.15, -0.1) is 0 Å². The number of esters is 1. The molecular weight excluding hydrogens is 1040 g/mol. The number of carboxylic acids is 1. The summed E-state index contributed by atoms with van der Waals surface area (Å²) in [6, 6.07) is 30.3. The zero-order valence-electron chi connectivity index (χ0n) is 42.3. The van der Waals surface area contributed by atoms with E-state index in [1.54, 1.807) is 48.5 Å². The predicted octanol–water partition coefficient (Wildman–Crippen LogP) is 11.1. The van der Waals surface area contributed by atoms with Crippen molar-refractivity contribution in [2.75, 3.05) is 44.0 Å². The highest BCUT2D eigenvalue weighted by molar-refractivity contribution is 6.40. The number of amides is 2. The number of ether oxygens (including phenoxy) is 3. The third-order valence-electron chi connectivity index (χ3n) is 12.9. The lowest BCUT2D eigenvalue weighted by Gasteiger charge is -2.26. The van der Waals surface area contributed by atoms with Crippen molar-refractivity contribution in [3.8, 4) is 11.5 Å². The standard InChI is InChI=1S/C29H31Cl2N3O4.C28H29Cl2N3O4/c1-29(2,24-14-11-19-6-5-15-32-26(19)34-24)17-38-20-12-9-18(10-13-20)16-23(28(36)37-3)33-27(35)25-21(30)7-4-8-22(25)31;1-28(2,23-13-10-18-5-4-14-31-25(18)33-23)16-37-19-11-8-17(9-12-19)15-22(27(35)36)32-26(34)24-20(29)6-3-7-21(24)30/h4,7-14,23H,5-6,15-17H2,1-3H3,(H,32,34)(H,33,35);3,6-13,22H,4-5,14-16H2,1-2H3,(H,31,33)(H,32,34)(H,35,36)/t23-;22-/m00/s1. The number of nitrogens with one attached hydrogen (secondary N) is 4. The average Bonchev–Trinajstić information content (AvgIpc) is 3.39. The van der Waals surface area contributed by atoms with Crippen molar-refractivity contribution in [3.63, 3.8) is 0 Å². The fourth-order valence-corrected chi connectivity index (χ4v) is 9.57. The summed E-state index contributed by atoms with van der Waals surface area (Å²) in [5.41, 5.74) is 5.52. The number of aromatic nitrogens is 2. The highest BCUT2D eigenvalue weighted by Gasteiger charge is 2.29. The van der Waals surface area contributed by atoms with Crippen LogP contribution in [0.2, 0.25) is 20.1 Å². The van der Waals surface area contributed by atoms with Gasteiger partial charge in [-0.1, -0.05) is 123 Å². The van der Waals surface area contributed by atoms with E-state index >= 15 is 0 Å². The summed E-state index contributed by atoms with van der Waals surface area (Å²) >= 11 is 24.5. The van der Waals surface area contributed by atoms with E-state index in [-0.39, 0.29) is 54.9 Å². The number of rotatable bonds is 18. The molecule has 0 radical (unpaired) electrons. The van der Waals surface area contributed by atoms with Crippen LogP contribution >= 0.6 is 46.4 Å². The summed E-state index contributed by atoms with van der Waals surface area (Å²) < 4.78 is 17.0. The van der Waals surface area contributed by atoms with Crippen LogP contribution in [0.25, 0.3) is 0 Å². The number of carbonyl (C=O) groups is 4. The van der Waals surface area contributed by atoms with E-state index in [4.69, 9.17) is 70.6 Å². The third kappa shape index (κ3) is 14.8. The summed E-state index contributed by atoms with van der Waals surface area (Å²) in [7, 11) is 1.27. The molecule has 5 N–H and O–H groups in total. The van der Waals surface area contributed by atoms with E-state index in [0.717, 1.165) is 72.9 Å². The Morgan fingerprint density at radius 3 is 1.36 bits per heavy atom. The van der Waals surface area contributed by atoms with Crippen molar-refractivity contribution in [1.82, 2.24) is 20.6 Å². The number of carboxylic acid groups (broad SMARTS) is 1. The molecule has 0 aliphatic carbocycles. The molecular formula is C57H60Cl4N6O8. The molecule has 4 aromatic carbocycles. The number of anilines is 2. The largest absolute Gasteiger partial charge is 0.493 e. The first kappa shape index (κ1) is 56.2. The Balaban J connectivity index is 0.000000219. The Kier molecular flexibility index (Phi) is 18.9. The average molecular weight is 1100 g/mol. The second-order valence-corrected chi connectivity index (χ2v) is 21.2. The molecule has 0 spiro atoms. The number of nitrogens with zero attached hydrogens (tertiary/aromatic N) is 2. The molecule has 14 nitrogen and oxygen atoms in total. The number of aliphatic carboxylic acids is 1. The van der Waals surface area contributed by atoms with E-state index in [1.807, 2.05) is 24.3 Å². The summed E-state index contributed by atoms with van der Waals surface area (Å²) in [5.74, 6) is 0.348. The van der Waals surface area contributed by atoms with Crippen molar-refractivity contribution < 1.29 is 38.5 Å². The quantitative estimate of drug-likeness (QED) is 0.0513. The number of pyridine rings is 2. The maximum atomic E-state index is 12.8. The van der Waals surface area contributed by atoms with Crippen molar-refractivity contribution in [2.45, 2.75) is 89.1 Å². The van der Waals surface area contributed by atoms with Gasteiger partial charge in [0.15, 0.2) is 0 Å². The maximum absolute atomic E-state index is 12.8. The van der Waals surface area contributed by atoms with Crippen LogP contribution in [0.4, 0.5) is 11.6 Å². The molecule has 0 saturated carbocycles. The van der Waals surface area contributed by atoms with Gasteiger partial charge in [0, 0.05) is 36.8 Å². The number of aryl methyl sites for hydroxylation is 2. The van der Waals surface area contributed by atoms with Gasteiger partial charge >= 0.3 is 11.9 Å². The van der Waals surface area contributed by atoms with Crippen LogP contribution in [0.3, 0.4) is 0 Å². The van der Waals surface area contributed by atoms with Gasteiger partial charge in [0.05, 0.1) is 62.9 Å². The second-order valence-electron chi connectivity index (χ2n) is 19.6. The summed E-state index contributed by atoms with van der Waals surface area (Å²) in [4.78, 5) is 59.4. The molecule has 2 amide bonds. The zero-order chi connectivity index (χ0) is 53.9. The number of halogens is 4. The minimum Gasteiger partial charge on any atom is -0.493 e. The molecule has 0 bridgehead atoms.